The number of nitrogens with two attached hydrogens (primary N) is 1. The Morgan fingerprint density at radius 1 is 1.36 bits per heavy atom. The van der Waals surface area contributed by atoms with E-state index >= 15 is 0 Å². The Hall–Kier alpha value is -0.410. The average molecular weight is 210 g/mol. The van der Waals surface area contributed by atoms with Gasteiger partial charge in [0.15, 0.2) is 0 Å². The Morgan fingerprint density at radius 2 is 2.07 bits per heavy atom. The predicted octanol–water partition coefficient (Wildman–Crippen LogP) is 2.29. The van der Waals surface area contributed by atoms with Gasteiger partial charge in [-0.25, -0.2) is 4.98 Å². The van der Waals surface area contributed by atoms with Gasteiger partial charge in [-0.2, -0.15) is 0 Å². The minimum absolute atomic E-state index is 0.763. The number of hydrogen-bond acceptors (Lipinski definition) is 3. The van der Waals surface area contributed by atoms with Crippen molar-refractivity contribution in [3.05, 3.63) is 15.6 Å². The van der Waals surface area contributed by atoms with Crippen LogP contribution in [-0.4, -0.2) is 11.5 Å². The van der Waals surface area contributed by atoms with Gasteiger partial charge >= 0.3 is 0 Å². The second kappa shape index (κ2) is 3.99. The van der Waals surface area contributed by atoms with E-state index in [4.69, 9.17) is 5.73 Å². The molecule has 1 saturated carbocycles. The SMILES string of the molecule is Cc1nc(CC2CCC2CN)sc1C. The van der Waals surface area contributed by atoms with E-state index in [-0.39, 0.29) is 0 Å². The second-order valence-corrected chi connectivity index (χ2v) is 5.57. The fourth-order valence-corrected chi connectivity index (χ4v) is 3.09. The summed E-state index contributed by atoms with van der Waals surface area (Å²) in [6, 6.07) is 0. The Balaban J connectivity index is 1.97. The third-order valence-electron chi connectivity index (χ3n) is 3.39. The zero-order chi connectivity index (χ0) is 10.1. The summed E-state index contributed by atoms with van der Waals surface area (Å²) in [6.45, 7) is 5.10. The summed E-state index contributed by atoms with van der Waals surface area (Å²) in [7, 11) is 0. The van der Waals surface area contributed by atoms with Crippen molar-refractivity contribution < 1.29 is 0 Å². The molecule has 0 saturated heterocycles. The van der Waals surface area contributed by atoms with Gasteiger partial charge in [-0.3, -0.25) is 0 Å². The van der Waals surface area contributed by atoms with Gasteiger partial charge in [-0.1, -0.05) is 0 Å². The van der Waals surface area contributed by atoms with Crippen LogP contribution in [0, 0.1) is 25.7 Å². The molecule has 0 spiro atoms. The molecule has 1 aliphatic carbocycles. The maximum Gasteiger partial charge on any atom is 0.0933 e. The van der Waals surface area contributed by atoms with Crippen LogP contribution in [0.4, 0.5) is 0 Å². The summed E-state index contributed by atoms with van der Waals surface area (Å²) in [6.07, 6.45) is 3.82. The minimum Gasteiger partial charge on any atom is -0.330 e. The van der Waals surface area contributed by atoms with Crippen LogP contribution in [0.25, 0.3) is 0 Å². The molecule has 2 N–H and O–H groups in total. The molecule has 0 amide bonds. The maximum absolute atomic E-state index is 5.70. The topological polar surface area (TPSA) is 38.9 Å². The first-order valence-corrected chi connectivity index (χ1v) is 6.15. The first-order valence-electron chi connectivity index (χ1n) is 5.33. The van der Waals surface area contributed by atoms with Crippen LogP contribution in [0.15, 0.2) is 0 Å². The zero-order valence-corrected chi connectivity index (χ0v) is 9.73. The van der Waals surface area contributed by atoms with E-state index in [1.807, 2.05) is 11.3 Å². The Kier molecular flexibility index (Phi) is 2.88. The van der Waals surface area contributed by atoms with E-state index in [9.17, 15) is 0 Å². The largest absolute Gasteiger partial charge is 0.330 e. The first-order chi connectivity index (χ1) is 6.70. The minimum atomic E-state index is 0.763. The molecule has 1 fully saturated rings. The van der Waals surface area contributed by atoms with Crippen LogP contribution in [0.1, 0.15) is 28.4 Å². The fourth-order valence-electron chi connectivity index (χ4n) is 2.07. The lowest BCUT2D eigenvalue weighted by molar-refractivity contribution is 0.183. The zero-order valence-electron chi connectivity index (χ0n) is 8.92. The quantitative estimate of drug-likeness (QED) is 0.831. The van der Waals surface area contributed by atoms with Gasteiger partial charge in [0.25, 0.3) is 0 Å². The van der Waals surface area contributed by atoms with Crippen LogP contribution < -0.4 is 5.73 Å². The van der Waals surface area contributed by atoms with Crippen LogP contribution >= 0.6 is 11.3 Å². The van der Waals surface area contributed by atoms with Gasteiger partial charge in [0.05, 0.1) is 10.7 Å². The van der Waals surface area contributed by atoms with E-state index in [1.54, 1.807) is 0 Å². The summed E-state index contributed by atoms with van der Waals surface area (Å²) >= 11 is 1.85. The van der Waals surface area contributed by atoms with Crippen LogP contribution in [0.2, 0.25) is 0 Å². The number of aryl methyl sites for hydroxylation is 2. The molecule has 2 rings (SSSR count). The highest BCUT2D eigenvalue weighted by atomic mass is 32.1. The highest BCUT2D eigenvalue weighted by molar-refractivity contribution is 7.11. The molecule has 14 heavy (non-hydrogen) atoms. The van der Waals surface area contributed by atoms with Crippen molar-refractivity contribution in [2.24, 2.45) is 17.6 Å². The standard InChI is InChI=1S/C11H18N2S/c1-7-8(2)14-11(13-7)5-9-3-4-10(9)6-12/h9-10H,3-6,12H2,1-2H3. The highest BCUT2D eigenvalue weighted by Crippen LogP contribution is 2.36. The lowest BCUT2D eigenvalue weighted by Crippen LogP contribution is -2.33. The summed E-state index contributed by atoms with van der Waals surface area (Å²) in [5.41, 5.74) is 6.90. The molecule has 1 aromatic heterocycles. The molecule has 78 valence electrons. The van der Waals surface area contributed by atoms with Crippen molar-refractivity contribution in [1.29, 1.82) is 0 Å². The van der Waals surface area contributed by atoms with E-state index in [1.165, 1.54) is 28.4 Å². The van der Waals surface area contributed by atoms with Crippen molar-refractivity contribution in [2.75, 3.05) is 6.54 Å². The third-order valence-corrected chi connectivity index (χ3v) is 4.48. The Morgan fingerprint density at radius 3 is 2.50 bits per heavy atom. The van der Waals surface area contributed by atoms with E-state index in [0.29, 0.717) is 0 Å². The lowest BCUT2D eigenvalue weighted by Gasteiger charge is -2.35. The van der Waals surface area contributed by atoms with E-state index in [2.05, 4.69) is 18.8 Å². The van der Waals surface area contributed by atoms with Crippen LogP contribution in [0.5, 0.6) is 0 Å². The Labute approximate surface area is 89.5 Å². The first kappa shape index (κ1) is 10.1. The second-order valence-electron chi connectivity index (χ2n) is 4.29. The predicted molar refractivity (Wildman–Crippen MR) is 60.6 cm³/mol. The average Bonchev–Trinajstić information content (AvgIpc) is 2.42. The normalized spacial score (nSPS) is 26.2. The number of thiazole rings is 1. The molecule has 3 heteroatoms. The van der Waals surface area contributed by atoms with Crippen molar-refractivity contribution in [2.45, 2.75) is 33.1 Å². The number of rotatable bonds is 3. The monoisotopic (exact) mass is 210 g/mol. The molecule has 0 aromatic carbocycles. The van der Waals surface area contributed by atoms with Gasteiger partial charge in [0.1, 0.15) is 0 Å². The maximum atomic E-state index is 5.70. The molecule has 0 bridgehead atoms. The molecular weight excluding hydrogens is 192 g/mol. The van der Waals surface area contributed by atoms with Crippen molar-refractivity contribution >= 4 is 11.3 Å². The van der Waals surface area contributed by atoms with E-state index in [0.717, 1.165) is 24.8 Å². The fraction of sp³-hybridized carbons (Fsp3) is 0.727. The molecule has 1 aliphatic rings. The van der Waals surface area contributed by atoms with E-state index < -0.39 is 0 Å². The molecule has 0 radical (unpaired) electrons. The summed E-state index contributed by atoms with van der Waals surface area (Å²) in [4.78, 5) is 5.94. The van der Waals surface area contributed by atoms with Crippen molar-refractivity contribution in [3.8, 4) is 0 Å². The van der Waals surface area contributed by atoms with Crippen molar-refractivity contribution in [1.82, 2.24) is 4.98 Å². The summed E-state index contributed by atoms with van der Waals surface area (Å²) in [5.74, 6) is 1.57. The van der Waals surface area contributed by atoms with Crippen LogP contribution in [0.3, 0.4) is 0 Å². The van der Waals surface area contributed by atoms with Crippen LogP contribution in [-0.2, 0) is 6.42 Å². The number of aromatic nitrogens is 1. The van der Waals surface area contributed by atoms with Gasteiger partial charge in [-0.05, 0) is 45.1 Å². The molecule has 0 aliphatic heterocycles. The molecule has 2 nitrogen and oxygen atoms in total. The Bertz CT molecular complexity index is 298. The smallest absolute Gasteiger partial charge is 0.0933 e. The van der Waals surface area contributed by atoms with Gasteiger partial charge < -0.3 is 5.73 Å². The molecule has 2 unspecified atom stereocenters. The summed E-state index contributed by atoms with van der Waals surface area (Å²) in [5, 5.41) is 1.31. The molecular formula is C11H18N2S. The number of nitrogens with zero attached hydrogens (tertiary/aromatic N) is 1. The lowest BCUT2D eigenvalue weighted by atomic mass is 9.72. The number of hydrogen-bond donors (Lipinski definition) is 1. The molecule has 1 heterocycles. The molecule has 2 atom stereocenters. The third kappa shape index (κ3) is 1.84. The van der Waals surface area contributed by atoms with Crippen molar-refractivity contribution in [3.63, 3.8) is 0 Å². The van der Waals surface area contributed by atoms with Gasteiger partial charge in [0, 0.05) is 11.3 Å². The molecule has 1 aromatic rings. The highest BCUT2D eigenvalue weighted by Gasteiger charge is 2.30. The summed E-state index contributed by atoms with van der Waals surface area (Å²) < 4.78 is 0. The van der Waals surface area contributed by atoms with Gasteiger partial charge in [0.2, 0.25) is 0 Å². The van der Waals surface area contributed by atoms with Gasteiger partial charge in [-0.15, -0.1) is 11.3 Å².